The largest absolute Gasteiger partial charge is 0.393 e. The summed E-state index contributed by atoms with van der Waals surface area (Å²) in [6, 6.07) is 1.10. The zero-order valence-corrected chi connectivity index (χ0v) is 11.6. The van der Waals surface area contributed by atoms with Gasteiger partial charge in [-0.1, -0.05) is 6.92 Å². The van der Waals surface area contributed by atoms with Crippen molar-refractivity contribution in [3.05, 3.63) is 0 Å². The number of hydrogen-bond donors (Lipinski definition) is 2. The Balaban J connectivity index is 1.54. The fourth-order valence-corrected chi connectivity index (χ4v) is 3.93. The molecular weight excluding hydrogens is 224 g/mol. The molecule has 0 aromatic rings. The van der Waals surface area contributed by atoms with Crippen LogP contribution in [0.15, 0.2) is 0 Å². The summed E-state index contributed by atoms with van der Waals surface area (Å²) < 4.78 is 0. The average Bonchev–Trinajstić information content (AvgIpc) is 3.09. The molecule has 2 aliphatic carbocycles. The molecule has 3 N–H and O–H groups in total. The van der Waals surface area contributed by atoms with Gasteiger partial charge in [-0.05, 0) is 56.3 Å². The van der Waals surface area contributed by atoms with Crippen LogP contribution in [-0.2, 0) is 0 Å². The molecule has 0 aromatic carbocycles. The Morgan fingerprint density at radius 1 is 1.22 bits per heavy atom. The highest BCUT2D eigenvalue weighted by Crippen LogP contribution is 2.38. The molecule has 3 fully saturated rings. The van der Waals surface area contributed by atoms with Gasteiger partial charge in [-0.25, -0.2) is 0 Å². The van der Waals surface area contributed by atoms with E-state index < -0.39 is 0 Å². The highest BCUT2D eigenvalue weighted by atomic mass is 16.3. The van der Waals surface area contributed by atoms with Crippen LogP contribution >= 0.6 is 0 Å². The van der Waals surface area contributed by atoms with Gasteiger partial charge in [0.2, 0.25) is 0 Å². The zero-order valence-electron chi connectivity index (χ0n) is 11.6. The Morgan fingerprint density at radius 2 is 2.00 bits per heavy atom. The third-order valence-corrected chi connectivity index (χ3v) is 5.38. The minimum absolute atomic E-state index is 0.0547. The van der Waals surface area contributed by atoms with E-state index in [1.807, 2.05) is 0 Å². The molecule has 18 heavy (non-hydrogen) atoms. The van der Waals surface area contributed by atoms with Gasteiger partial charge in [0.15, 0.2) is 0 Å². The van der Waals surface area contributed by atoms with E-state index >= 15 is 0 Å². The average molecular weight is 252 g/mol. The zero-order chi connectivity index (χ0) is 12.7. The summed E-state index contributed by atoms with van der Waals surface area (Å²) in [5, 5.41) is 10.1. The van der Waals surface area contributed by atoms with Gasteiger partial charge in [0.1, 0.15) is 0 Å². The van der Waals surface area contributed by atoms with Crippen molar-refractivity contribution in [3.63, 3.8) is 0 Å². The number of aliphatic hydroxyl groups excluding tert-OH is 1. The fraction of sp³-hybridized carbons (Fsp3) is 1.00. The summed E-state index contributed by atoms with van der Waals surface area (Å²) in [7, 11) is 0. The van der Waals surface area contributed by atoms with E-state index in [1.54, 1.807) is 0 Å². The number of nitrogens with zero attached hydrogens (tertiary/aromatic N) is 1. The van der Waals surface area contributed by atoms with Gasteiger partial charge in [0.05, 0.1) is 6.10 Å². The Hall–Kier alpha value is -0.120. The monoisotopic (exact) mass is 252 g/mol. The molecule has 5 atom stereocenters. The van der Waals surface area contributed by atoms with Crippen molar-refractivity contribution in [1.82, 2.24) is 4.90 Å². The molecule has 3 rings (SSSR count). The molecule has 1 saturated heterocycles. The Bertz CT molecular complexity index is 292. The molecule has 104 valence electrons. The molecule has 0 radical (unpaired) electrons. The molecule has 5 unspecified atom stereocenters. The van der Waals surface area contributed by atoms with Crippen LogP contribution in [0.5, 0.6) is 0 Å². The first-order chi connectivity index (χ1) is 8.63. The second-order valence-electron chi connectivity index (χ2n) is 7.08. The van der Waals surface area contributed by atoms with Crippen LogP contribution in [0.3, 0.4) is 0 Å². The van der Waals surface area contributed by atoms with E-state index in [9.17, 15) is 5.11 Å². The third-order valence-electron chi connectivity index (χ3n) is 5.38. The maximum atomic E-state index is 10.1. The molecule has 2 saturated carbocycles. The van der Waals surface area contributed by atoms with Crippen LogP contribution in [0, 0.1) is 17.8 Å². The lowest BCUT2D eigenvalue weighted by Crippen LogP contribution is -2.55. The van der Waals surface area contributed by atoms with E-state index in [1.165, 1.54) is 32.2 Å². The quantitative estimate of drug-likeness (QED) is 0.799. The van der Waals surface area contributed by atoms with E-state index in [0.29, 0.717) is 17.9 Å². The predicted molar refractivity (Wildman–Crippen MR) is 73.2 cm³/mol. The van der Waals surface area contributed by atoms with E-state index in [-0.39, 0.29) is 6.10 Å². The van der Waals surface area contributed by atoms with Gasteiger partial charge in [-0.3, -0.25) is 4.90 Å². The van der Waals surface area contributed by atoms with Crippen LogP contribution in [0.2, 0.25) is 0 Å². The van der Waals surface area contributed by atoms with Crippen molar-refractivity contribution in [2.45, 2.75) is 63.6 Å². The van der Waals surface area contributed by atoms with Crippen LogP contribution in [-0.4, -0.2) is 41.3 Å². The van der Waals surface area contributed by atoms with E-state index in [0.717, 1.165) is 31.3 Å². The maximum absolute atomic E-state index is 10.1. The highest BCUT2D eigenvalue weighted by molar-refractivity contribution is 4.93. The van der Waals surface area contributed by atoms with E-state index in [2.05, 4.69) is 11.8 Å². The van der Waals surface area contributed by atoms with Crippen molar-refractivity contribution in [1.29, 1.82) is 0 Å². The Morgan fingerprint density at radius 3 is 2.56 bits per heavy atom. The number of nitrogens with two attached hydrogens (primary N) is 1. The SMILES string of the molecule is CC1CCC1N1CC(N)CC(CC(O)C2CC2)C1. The minimum Gasteiger partial charge on any atom is -0.393 e. The first-order valence-electron chi connectivity index (χ1n) is 7.81. The number of likely N-dealkylation sites (tertiary alicyclic amines) is 1. The molecule has 1 heterocycles. The van der Waals surface area contributed by atoms with Crippen LogP contribution < -0.4 is 5.73 Å². The van der Waals surface area contributed by atoms with Crippen molar-refractivity contribution < 1.29 is 5.11 Å². The first kappa shape index (κ1) is 12.9. The highest BCUT2D eigenvalue weighted by Gasteiger charge is 2.38. The molecule has 3 aliphatic rings. The Labute approximate surface area is 111 Å². The first-order valence-corrected chi connectivity index (χ1v) is 7.81. The van der Waals surface area contributed by atoms with E-state index in [4.69, 9.17) is 5.73 Å². The van der Waals surface area contributed by atoms with Crippen LogP contribution in [0.4, 0.5) is 0 Å². The molecule has 0 amide bonds. The lowest BCUT2D eigenvalue weighted by Gasteiger charge is -2.48. The van der Waals surface area contributed by atoms with Gasteiger partial charge in [0, 0.05) is 25.2 Å². The summed E-state index contributed by atoms with van der Waals surface area (Å²) in [6.07, 6.45) is 7.25. The van der Waals surface area contributed by atoms with Gasteiger partial charge < -0.3 is 10.8 Å². The molecule has 1 aliphatic heterocycles. The van der Waals surface area contributed by atoms with Gasteiger partial charge in [0.25, 0.3) is 0 Å². The summed E-state index contributed by atoms with van der Waals surface area (Å²) in [4.78, 5) is 2.62. The number of rotatable bonds is 4. The van der Waals surface area contributed by atoms with Crippen LogP contribution in [0.25, 0.3) is 0 Å². The van der Waals surface area contributed by atoms with Gasteiger partial charge >= 0.3 is 0 Å². The normalized spacial score (nSPS) is 43.5. The molecule has 3 nitrogen and oxygen atoms in total. The number of hydrogen-bond acceptors (Lipinski definition) is 3. The summed E-state index contributed by atoms with van der Waals surface area (Å²) in [5.74, 6) is 2.08. The molecule has 3 heteroatoms. The van der Waals surface area contributed by atoms with Gasteiger partial charge in [-0.15, -0.1) is 0 Å². The second-order valence-corrected chi connectivity index (χ2v) is 7.08. The summed E-state index contributed by atoms with van der Waals surface area (Å²) >= 11 is 0. The second kappa shape index (κ2) is 5.10. The summed E-state index contributed by atoms with van der Waals surface area (Å²) in [5.41, 5.74) is 6.22. The standard InChI is InChI=1S/C15H28N2O/c1-10-2-5-14(10)17-8-11(6-13(16)9-17)7-15(18)12-3-4-12/h10-15,18H,2-9,16H2,1H3. The van der Waals surface area contributed by atoms with Gasteiger partial charge in [-0.2, -0.15) is 0 Å². The molecule has 0 spiro atoms. The lowest BCUT2D eigenvalue weighted by molar-refractivity contribution is 0.0133. The maximum Gasteiger partial charge on any atom is 0.0571 e. The lowest BCUT2D eigenvalue weighted by atomic mass is 9.77. The number of aliphatic hydroxyl groups is 1. The van der Waals surface area contributed by atoms with Crippen molar-refractivity contribution in [3.8, 4) is 0 Å². The fourth-order valence-electron chi connectivity index (χ4n) is 3.93. The Kier molecular flexibility index (Phi) is 3.65. The molecule has 0 aromatic heterocycles. The topological polar surface area (TPSA) is 49.5 Å². The number of piperidine rings is 1. The van der Waals surface area contributed by atoms with Crippen molar-refractivity contribution >= 4 is 0 Å². The smallest absolute Gasteiger partial charge is 0.0571 e. The molecular formula is C15H28N2O. The van der Waals surface area contributed by atoms with Crippen LogP contribution in [0.1, 0.15) is 45.4 Å². The van der Waals surface area contributed by atoms with Crippen molar-refractivity contribution in [2.24, 2.45) is 23.5 Å². The minimum atomic E-state index is -0.0547. The predicted octanol–water partition coefficient (Wildman–Crippen LogP) is 1.60. The van der Waals surface area contributed by atoms with Crippen molar-refractivity contribution in [2.75, 3.05) is 13.1 Å². The molecule has 0 bridgehead atoms. The summed E-state index contributed by atoms with van der Waals surface area (Å²) in [6.45, 7) is 4.61. The third kappa shape index (κ3) is 2.73.